The molecule has 1 rings (SSSR count). The molecule has 0 aliphatic heterocycles. The van der Waals surface area contributed by atoms with E-state index in [1.54, 1.807) is 7.11 Å². The number of rotatable bonds is 1. The Hall–Kier alpha value is -1.36. The van der Waals surface area contributed by atoms with Crippen LogP contribution in [0.5, 0.6) is 5.75 Å². The Balaban J connectivity index is 0.000000487. The number of methoxy groups -OCH3 is 1. The van der Waals surface area contributed by atoms with E-state index in [0.29, 0.717) is 0 Å². The van der Waals surface area contributed by atoms with E-state index in [4.69, 9.17) is 17.9 Å². The van der Waals surface area contributed by atoms with Crippen LogP contribution in [0.25, 0.3) is 0 Å². The fourth-order valence-corrected chi connectivity index (χ4v) is 1.49. The predicted molar refractivity (Wildman–Crippen MR) is 63.6 cm³/mol. The standard InChI is InChI=1S/C11H16O.HNO2S/c1-7-6-8(2)10(4)11(12-5)9(7)3;1-4(2)3/h6H,1-5H3;1H. The summed E-state index contributed by atoms with van der Waals surface area (Å²) in [5, 5.41) is 0. The predicted octanol–water partition coefficient (Wildman–Crippen LogP) is 2.56. The molecule has 0 fully saturated rings. The third-order valence-corrected chi connectivity index (χ3v) is 2.50. The summed E-state index contributed by atoms with van der Waals surface area (Å²) < 4.78 is 28.2. The summed E-state index contributed by atoms with van der Waals surface area (Å²) in [4.78, 5) is 0. The van der Waals surface area contributed by atoms with Crippen LogP contribution in [0.15, 0.2) is 6.07 Å². The maximum Gasteiger partial charge on any atom is 0.308 e. The fraction of sp³-hybridized carbons (Fsp3) is 0.455. The van der Waals surface area contributed by atoms with Gasteiger partial charge in [0.2, 0.25) is 0 Å². The topological polar surface area (TPSA) is 67.2 Å². The van der Waals surface area contributed by atoms with Crippen molar-refractivity contribution in [1.82, 2.24) is 0 Å². The lowest BCUT2D eigenvalue weighted by atomic mass is 10.0. The quantitative estimate of drug-likeness (QED) is 0.824. The molecular weight excluding hydrogens is 226 g/mol. The second-order valence-electron chi connectivity index (χ2n) is 3.53. The van der Waals surface area contributed by atoms with Crippen LogP contribution in [0, 0.1) is 32.5 Å². The van der Waals surface area contributed by atoms with E-state index in [0.717, 1.165) is 5.75 Å². The first-order valence-corrected chi connectivity index (χ1v) is 5.80. The second-order valence-corrected chi connectivity index (χ2v) is 4.00. The molecule has 0 radical (unpaired) electrons. The van der Waals surface area contributed by atoms with Crippen molar-refractivity contribution >= 4 is 10.5 Å². The molecule has 4 nitrogen and oxygen atoms in total. The van der Waals surface area contributed by atoms with Crippen LogP contribution in [-0.2, 0) is 10.5 Å². The first-order valence-electron chi connectivity index (χ1n) is 4.73. The zero-order valence-electron chi connectivity index (χ0n) is 10.2. The van der Waals surface area contributed by atoms with Gasteiger partial charge in [0.1, 0.15) is 5.75 Å². The van der Waals surface area contributed by atoms with Gasteiger partial charge in [-0.15, -0.1) is 0 Å². The van der Waals surface area contributed by atoms with Crippen LogP contribution >= 0.6 is 0 Å². The molecule has 1 aromatic carbocycles. The minimum Gasteiger partial charge on any atom is -0.496 e. The van der Waals surface area contributed by atoms with E-state index >= 15 is 0 Å². The zero-order valence-corrected chi connectivity index (χ0v) is 11.0. The molecule has 0 atom stereocenters. The molecule has 0 saturated heterocycles. The summed E-state index contributed by atoms with van der Waals surface area (Å²) in [7, 11) is -0.881. The minimum absolute atomic E-state index is 1.03. The van der Waals surface area contributed by atoms with Gasteiger partial charge in [0.25, 0.3) is 0 Å². The maximum absolute atomic E-state index is 8.67. The van der Waals surface area contributed by atoms with Gasteiger partial charge in [-0.05, 0) is 49.9 Å². The summed E-state index contributed by atoms with van der Waals surface area (Å²) in [6.45, 7) is 8.43. The lowest BCUT2D eigenvalue weighted by Crippen LogP contribution is -1.95. The molecule has 16 heavy (non-hydrogen) atoms. The Kier molecular flexibility index (Phi) is 5.74. The van der Waals surface area contributed by atoms with E-state index in [2.05, 4.69) is 33.8 Å². The summed E-state index contributed by atoms with van der Waals surface area (Å²) in [5.41, 5.74) is 5.10. The normalized spacial score (nSPS) is 9.06. The van der Waals surface area contributed by atoms with Crippen LogP contribution in [0.3, 0.4) is 0 Å². The summed E-state index contributed by atoms with van der Waals surface area (Å²) in [6.07, 6.45) is 0. The van der Waals surface area contributed by atoms with Gasteiger partial charge in [0.05, 0.1) is 7.11 Å². The van der Waals surface area contributed by atoms with Gasteiger partial charge >= 0.3 is 10.5 Å². The Bertz CT molecular complexity index is 444. The summed E-state index contributed by atoms with van der Waals surface area (Å²) in [5.74, 6) is 1.03. The highest BCUT2D eigenvalue weighted by Crippen LogP contribution is 2.28. The van der Waals surface area contributed by atoms with Crippen molar-refractivity contribution in [3.63, 3.8) is 0 Å². The van der Waals surface area contributed by atoms with Crippen molar-refractivity contribution in [2.45, 2.75) is 27.7 Å². The average molecular weight is 243 g/mol. The van der Waals surface area contributed by atoms with Crippen molar-refractivity contribution < 1.29 is 13.2 Å². The molecule has 0 aromatic heterocycles. The lowest BCUT2D eigenvalue weighted by Gasteiger charge is -2.13. The Morgan fingerprint density at radius 2 is 1.38 bits per heavy atom. The highest BCUT2D eigenvalue weighted by Gasteiger charge is 2.07. The van der Waals surface area contributed by atoms with Crippen molar-refractivity contribution in [2.75, 3.05) is 7.11 Å². The van der Waals surface area contributed by atoms with E-state index < -0.39 is 10.5 Å². The van der Waals surface area contributed by atoms with Gasteiger partial charge in [-0.25, -0.2) is 0 Å². The maximum atomic E-state index is 8.67. The number of nitrogens with one attached hydrogen (secondary N) is 1. The number of benzene rings is 1. The molecule has 0 aliphatic rings. The second kappa shape index (κ2) is 6.27. The van der Waals surface area contributed by atoms with E-state index in [1.807, 2.05) is 0 Å². The third-order valence-electron chi connectivity index (χ3n) is 2.50. The number of ether oxygens (including phenoxy) is 1. The van der Waals surface area contributed by atoms with Gasteiger partial charge in [-0.2, -0.15) is 13.2 Å². The molecule has 1 aromatic rings. The van der Waals surface area contributed by atoms with Crippen molar-refractivity contribution in [3.05, 3.63) is 28.3 Å². The molecule has 0 unspecified atom stereocenters. The molecule has 0 spiro atoms. The van der Waals surface area contributed by atoms with Crippen molar-refractivity contribution in [2.24, 2.45) is 0 Å². The molecule has 0 saturated carbocycles. The van der Waals surface area contributed by atoms with E-state index in [1.165, 1.54) is 22.3 Å². The molecule has 0 amide bonds. The molecule has 5 heteroatoms. The largest absolute Gasteiger partial charge is 0.496 e. The fourth-order valence-electron chi connectivity index (χ4n) is 1.49. The lowest BCUT2D eigenvalue weighted by molar-refractivity contribution is 0.407. The van der Waals surface area contributed by atoms with E-state index in [-0.39, 0.29) is 0 Å². The first kappa shape index (κ1) is 14.6. The average Bonchev–Trinajstić information content (AvgIpc) is 2.15. The summed E-state index contributed by atoms with van der Waals surface area (Å²) >= 11 is 0. The zero-order chi connectivity index (χ0) is 12.9. The Morgan fingerprint density at radius 1 is 1.06 bits per heavy atom. The van der Waals surface area contributed by atoms with Crippen LogP contribution in [0.1, 0.15) is 22.3 Å². The van der Waals surface area contributed by atoms with Crippen molar-refractivity contribution in [1.29, 1.82) is 4.78 Å². The van der Waals surface area contributed by atoms with Crippen LogP contribution in [0.4, 0.5) is 0 Å². The number of hydrogen-bond acceptors (Lipinski definition) is 4. The third kappa shape index (κ3) is 4.02. The smallest absolute Gasteiger partial charge is 0.308 e. The Labute approximate surface area is 97.8 Å². The van der Waals surface area contributed by atoms with Gasteiger partial charge in [0, 0.05) is 0 Å². The summed E-state index contributed by atoms with van der Waals surface area (Å²) in [6, 6.07) is 2.20. The molecule has 90 valence electrons. The van der Waals surface area contributed by atoms with Gasteiger partial charge in [-0.1, -0.05) is 6.07 Å². The molecule has 1 N–H and O–H groups in total. The minimum atomic E-state index is -2.61. The Morgan fingerprint density at radius 3 is 1.62 bits per heavy atom. The van der Waals surface area contributed by atoms with Crippen molar-refractivity contribution in [3.8, 4) is 5.75 Å². The molecular formula is C11H17NO3S. The SMILES string of the molecule is COc1c(C)c(C)cc(C)c1C.N=S(=O)=O. The molecule has 0 bridgehead atoms. The van der Waals surface area contributed by atoms with Gasteiger partial charge < -0.3 is 4.74 Å². The highest BCUT2D eigenvalue weighted by atomic mass is 32.2. The van der Waals surface area contributed by atoms with Crippen LogP contribution in [0.2, 0.25) is 0 Å². The van der Waals surface area contributed by atoms with E-state index in [9.17, 15) is 0 Å². The number of aryl methyl sites for hydroxylation is 2. The number of hydrogen-bond donors (Lipinski definition) is 1. The van der Waals surface area contributed by atoms with Gasteiger partial charge in [-0.3, -0.25) is 0 Å². The molecule has 0 aliphatic carbocycles. The first-order chi connectivity index (χ1) is 7.31. The highest BCUT2D eigenvalue weighted by molar-refractivity contribution is 7.60. The molecule has 0 heterocycles. The van der Waals surface area contributed by atoms with Crippen LogP contribution in [-0.4, -0.2) is 15.5 Å². The van der Waals surface area contributed by atoms with Gasteiger partial charge in [0.15, 0.2) is 0 Å². The monoisotopic (exact) mass is 243 g/mol. The van der Waals surface area contributed by atoms with Crippen LogP contribution < -0.4 is 4.74 Å².